The third kappa shape index (κ3) is 3.76. The van der Waals surface area contributed by atoms with Crippen LogP contribution in [-0.4, -0.2) is 11.5 Å². The van der Waals surface area contributed by atoms with E-state index in [1.807, 2.05) is 19.1 Å². The Balaban J connectivity index is 2.44. The van der Waals surface area contributed by atoms with Crippen molar-refractivity contribution in [3.63, 3.8) is 0 Å². The summed E-state index contributed by atoms with van der Waals surface area (Å²) in [6.45, 7) is 3.65. The van der Waals surface area contributed by atoms with E-state index in [2.05, 4.69) is 4.74 Å². The molecule has 0 amide bonds. The van der Waals surface area contributed by atoms with Gasteiger partial charge in [-0.1, -0.05) is 42.0 Å². The lowest BCUT2D eigenvalue weighted by Gasteiger charge is -2.19. The highest BCUT2D eigenvalue weighted by atomic mass is 19.4. The van der Waals surface area contributed by atoms with Crippen LogP contribution in [0, 0.1) is 13.8 Å². The second-order valence-electron chi connectivity index (χ2n) is 4.85. The Morgan fingerprint density at radius 1 is 1.00 bits per heavy atom. The number of hydrogen-bond acceptors (Lipinski definition) is 2. The summed E-state index contributed by atoms with van der Waals surface area (Å²) in [5.74, 6) is -0.390. The predicted molar refractivity (Wildman–Crippen MR) is 73.1 cm³/mol. The smallest absolute Gasteiger partial charge is 0.405 e. The van der Waals surface area contributed by atoms with E-state index >= 15 is 0 Å². The maximum Gasteiger partial charge on any atom is 0.573 e. The van der Waals surface area contributed by atoms with Crippen molar-refractivity contribution < 1.29 is 23.0 Å². The van der Waals surface area contributed by atoms with Crippen LogP contribution in [-0.2, 0) is 0 Å². The number of aliphatic hydroxyl groups is 1. The number of rotatable bonds is 3. The Labute approximate surface area is 120 Å². The fraction of sp³-hybridized carbons (Fsp3) is 0.250. The molecule has 1 unspecified atom stereocenters. The van der Waals surface area contributed by atoms with Gasteiger partial charge in [0, 0.05) is 5.56 Å². The molecule has 0 bridgehead atoms. The summed E-state index contributed by atoms with van der Waals surface area (Å²) in [6.07, 6.45) is -5.97. The zero-order valence-corrected chi connectivity index (χ0v) is 11.6. The monoisotopic (exact) mass is 296 g/mol. The molecule has 112 valence electrons. The van der Waals surface area contributed by atoms with Crippen LogP contribution in [0.4, 0.5) is 13.2 Å². The van der Waals surface area contributed by atoms with Crippen molar-refractivity contribution in [1.29, 1.82) is 0 Å². The second kappa shape index (κ2) is 5.77. The highest BCUT2D eigenvalue weighted by Crippen LogP contribution is 2.34. The molecular weight excluding hydrogens is 281 g/mol. The van der Waals surface area contributed by atoms with E-state index < -0.39 is 18.2 Å². The molecule has 0 aliphatic carbocycles. The number of benzene rings is 2. The molecule has 0 aromatic heterocycles. The molecule has 5 heteroatoms. The van der Waals surface area contributed by atoms with Gasteiger partial charge >= 0.3 is 6.36 Å². The number of para-hydroxylation sites is 1. The van der Waals surface area contributed by atoms with Gasteiger partial charge < -0.3 is 9.84 Å². The van der Waals surface area contributed by atoms with Crippen LogP contribution in [0.25, 0.3) is 0 Å². The van der Waals surface area contributed by atoms with E-state index in [1.165, 1.54) is 18.2 Å². The third-order valence-electron chi connectivity index (χ3n) is 3.17. The molecule has 0 spiro atoms. The summed E-state index contributed by atoms with van der Waals surface area (Å²) in [5.41, 5.74) is 2.37. The van der Waals surface area contributed by atoms with E-state index in [-0.39, 0.29) is 5.56 Å². The summed E-state index contributed by atoms with van der Waals surface area (Å²) < 4.78 is 41.3. The van der Waals surface area contributed by atoms with Crippen molar-refractivity contribution in [2.75, 3.05) is 0 Å². The molecule has 21 heavy (non-hydrogen) atoms. The molecule has 2 rings (SSSR count). The summed E-state index contributed by atoms with van der Waals surface area (Å²) in [4.78, 5) is 0. The van der Waals surface area contributed by atoms with Crippen LogP contribution < -0.4 is 4.74 Å². The van der Waals surface area contributed by atoms with Gasteiger partial charge in [0.15, 0.2) is 0 Å². The van der Waals surface area contributed by atoms with Gasteiger partial charge in [-0.15, -0.1) is 13.2 Å². The first-order chi connectivity index (χ1) is 9.78. The van der Waals surface area contributed by atoms with Crippen molar-refractivity contribution in [1.82, 2.24) is 0 Å². The Bertz CT molecular complexity index is 636. The van der Waals surface area contributed by atoms with Gasteiger partial charge in [0.05, 0.1) is 0 Å². The molecule has 1 atom stereocenters. The number of aliphatic hydroxyl groups excluding tert-OH is 1. The predicted octanol–water partition coefficient (Wildman–Crippen LogP) is 4.28. The van der Waals surface area contributed by atoms with Crippen LogP contribution in [0.3, 0.4) is 0 Å². The Kier molecular flexibility index (Phi) is 4.23. The van der Waals surface area contributed by atoms with Gasteiger partial charge in [-0.25, -0.2) is 0 Å². The molecule has 0 saturated heterocycles. The molecule has 2 aromatic carbocycles. The normalized spacial score (nSPS) is 13.0. The summed E-state index contributed by atoms with van der Waals surface area (Å²) in [6, 6.07) is 11.1. The summed E-state index contributed by atoms with van der Waals surface area (Å²) in [7, 11) is 0. The number of alkyl halides is 3. The fourth-order valence-corrected chi connectivity index (χ4v) is 2.15. The maximum atomic E-state index is 12.4. The quantitative estimate of drug-likeness (QED) is 0.916. The number of halogens is 3. The summed E-state index contributed by atoms with van der Waals surface area (Å²) in [5, 5.41) is 10.4. The first-order valence-corrected chi connectivity index (χ1v) is 6.38. The number of aryl methyl sites for hydroxylation is 2. The minimum Gasteiger partial charge on any atom is -0.405 e. The Morgan fingerprint density at radius 3 is 2.33 bits per heavy atom. The maximum absolute atomic E-state index is 12.4. The van der Waals surface area contributed by atoms with Crippen LogP contribution in [0.5, 0.6) is 5.75 Å². The topological polar surface area (TPSA) is 29.5 Å². The molecule has 2 nitrogen and oxygen atoms in total. The van der Waals surface area contributed by atoms with E-state index in [1.54, 1.807) is 19.1 Å². The van der Waals surface area contributed by atoms with E-state index in [0.717, 1.165) is 11.1 Å². The first kappa shape index (κ1) is 15.4. The second-order valence-corrected chi connectivity index (χ2v) is 4.85. The van der Waals surface area contributed by atoms with Gasteiger partial charge in [-0.05, 0) is 31.0 Å². The van der Waals surface area contributed by atoms with Crippen LogP contribution in [0.2, 0.25) is 0 Å². The lowest BCUT2D eigenvalue weighted by Crippen LogP contribution is -2.19. The van der Waals surface area contributed by atoms with E-state index in [4.69, 9.17) is 0 Å². The molecule has 0 radical (unpaired) electrons. The lowest BCUT2D eigenvalue weighted by molar-refractivity contribution is -0.275. The van der Waals surface area contributed by atoms with Crippen molar-refractivity contribution >= 4 is 0 Å². The van der Waals surface area contributed by atoms with Crippen molar-refractivity contribution in [3.8, 4) is 5.75 Å². The fourth-order valence-electron chi connectivity index (χ4n) is 2.15. The Morgan fingerprint density at radius 2 is 1.67 bits per heavy atom. The number of ether oxygens (including phenoxy) is 1. The molecule has 0 aliphatic heterocycles. The third-order valence-corrected chi connectivity index (χ3v) is 3.17. The van der Waals surface area contributed by atoms with Gasteiger partial charge in [0.25, 0.3) is 0 Å². The first-order valence-electron chi connectivity index (χ1n) is 6.38. The highest BCUT2D eigenvalue weighted by molar-refractivity contribution is 5.43. The molecule has 2 aromatic rings. The van der Waals surface area contributed by atoms with E-state index in [9.17, 15) is 18.3 Å². The SMILES string of the molecule is Cc1ccc(C)c(C(O)c2ccccc2OC(F)(F)F)c1. The number of hydrogen-bond donors (Lipinski definition) is 1. The minimum atomic E-state index is -4.79. The van der Waals surface area contributed by atoms with Gasteiger partial charge in [-0.2, -0.15) is 0 Å². The molecule has 0 heterocycles. The molecular formula is C16H15F3O2. The van der Waals surface area contributed by atoms with Crippen molar-refractivity contribution in [3.05, 3.63) is 64.7 Å². The summed E-state index contributed by atoms with van der Waals surface area (Å²) >= 11 is 0. The highest BCUT2D eigenvalue weighted by Gasteiger charge is 2.33. The molecule has 0 saturated carbocycles. The largest absolute Gasteiger partial charge is 0.573 e. The average Bonchev–Trinajstić information content (AvgIpc) is 2.39. The molecule has 0 fully saturated rings. The molecule has 1 N–H and O–H groups in total. The van der Waals surface area contributed by atoms with E-state index in [0.29, 0.717) is 5.56 Å². The lowest BCUT2D eigenvalue weighted by atomic mass is 9.95. The van der Waals surface area contributed by atoms with Gasteiger partial charge in [0.2, 0.25) is 0 Å². The van der Waals surface area contributed by atoms with Crippen LogP contribution in [0.15, 0.2) is 42.5 Å². The Hall–Kier alpha value is -2.01. The standard InChI is InChI=1S/C16H15F3O2/c1-10-7-8-11(2)13(9-10)15(20)12-5-3-4-6-14(12)21-16(17,18)19/h3-9,15,20H,1-2H3. The van der Waals surface area contributed by atoms with Crippen LogP contribution >= 0.6 is 0 Å². The van der Waals surface area contributed by atoms with Crippen molar-refractivity contribution in [2.24, 2.45) is 0 Å². The average molecular weight is 296 g/mol. The zero-order chi connectivity index (χ0) is 15.6. The zero-order valence-electron chi connectivity index (χ0n) is 11.6. The molecule has 0 aliphatic rings. The van der Waals surface area contributed by atoms with Gasteiger partial charge in [-0.3, -0.25) is 0 Å². The minimum absolute atomic E-state index is 0.0866. The van der Waals surface area contributed by atoms with Gasteiger partial charge in [0.1, 0.15) is 11.9 Å². The van der Waals surface area contributed by atoms with Crippen LogP contribution in [0.1, 0.15) is 28.4 Å². The van der Waals surface area contributed by atoms with Crippen molar-refractivity contribution in [2.45, 2.75) is 26.3 Å².